The number of aliphatic hydroxyl groups excluding tert-OH is 16. The SMILES string of the molecule is C=CC(=O)O[C@@H]1[C@@H](O)[C@H]2O[C@@H]3[C@H](OC(=O)C=C)[C@@H](O)[C@@H](O[C@H]4[C@H](O)[C@@H](O)[C@@H](O[C@H]5[C@H](O)[C@@H](O)[C@@H](O[C@H]6[C@H](O)[C@@H](O)[C@@H](O[C@H]7[C@H](O)[C@@H](O)[C@@H](O[C@H]1[C@@H](CO)O2)O[C@@H]7CO)O[C@@H]6CO)O[C@@H]5CO)O[C@@H]4CO)O[C@@H]3CO. The molecule has 0 saturated carbocycles. The highest BCUT2D eigenvalue weighted by atomic mass is 16.8. The third kappa shape index (κ3) is 11.8. The summed E-state index contributed by atoms with van der Waals surface area (Å²) < 4.78 is 80.0. The number of rotatable bonds is 10. The highest BCUT2D eigenvalue weighted by Gasteiger charge is 2.60. The van der Waals surface area contributed by atoms with Crippen LogP contribution in [0.2, 0.25) is 0 Å². The van der Waals surface area contributed by atoms with Gasteiger partial charge in [0.1, 0.15) is 134 Å². The average molecular weight is 1080 g/mol. The van der Waals surface area contributed by atoms with Crippen molar-refractivity contribution in [2.45, 2.75) is 184 Å². The van der Waals surface area contributed by atoms with E-state index >= 15 is 0 Å². The monoisotopic (exact) mass is 1080 g/mol. The molecule has 22 rings (SSSR count). The van der Waals surface area contributed by atoms with Crippen LogP contribution in [0.15, 0.2) is 25.3 Å². The highest BCUT2D eigenvalue weighted by molar-refractivity contribution is 5.81. The van der Waals surface area contributed by atoms with E-state index in [1.165, 1.54) is 0 Å². The van der Waals surface area contributed by atoms with E-state index in [-0.39, 0.29) is 0 Å². The quantitative estimate of drug-likeness (QED) is 0.0713. The summed E-state index contributed by atoms with van der Waals surface area (Å²) in [4.78, 5) is 25.5. The van der Waals surface area contributed by atoms with Crippen LogP contribution in [0, 0.1) is 0 Å². The third-order valence-electron chi connectivity index (χ3n) is 13.5. The van der Waals surface area contributed by atoms with Crippen LogP contribution in [-0.2, 0) is 75.9 Å². The highest BCUT2D eigenvalue weighted by Crippen LogP contribution is 2.39. The zero-order chi connectivity index (χ0) is 54.0. The van der Waals surface area contributed by atoms with Gasteiger partial charge in [-0.25, -0.2) is 9.59 Å². The summed E-state index contributed by atoms with van der Waals surface area (Å²) in [7, 11) is 0. The van der Waals surface area contributed by atoms with Crippen molar-refractivity contribution in [3.63, 3.8) is 0 Å². The van der Waals surface area contributed by atoms with E-state index in [9.17, 15) is 91.3 Å². The van der Waals surface area contributed by atoms with Crippen LogP contribution in [-0.4, -0.2) is 318 Å². The van der Waals surface area contributed by atoms with E-state index in [4.69, 9.17) is 66.3 Å². The van der Waals surface area contributed by atoms with E-state index < -0.39 is 236 Å². The Balaban J connectivity index is 1.26. The lowest BCUT2D eigenvalue weighted by molar-refractivity contribution is -0.404. The number of carbonyl (C=O) groups is 2. The molecular weight excluding hydrogens is 1020 g/mol. The fourth-order valence-electron chi connectivity index (χ4n) is 9.53. The molecular formula is C42H64O32. The van der Waals surface area contributed by atoms with Gasteiger partial charge in [-0.05, 0) is 0 Å². The van der Waals surface area contributed by atoms with Gasteiger partial charge >= 0.3 is 11.9 Å². The van der Waals surface area contributed by atoms with Crippen LogP contribution in [0.1, 0.15) is 0 Å². The van der Waals surface area contributed by atoms with Crippen molar-refractivity contribution in [2.24, 2.45) is 0 Å². The first kappa shape index (κ1) is 59.0. The van der Waals surface area contributed by atoms with Crippen molar-refractivity contribution in [2.75, 3.05) is 39.6 Å². The fraction of sp³-hybridized carbons (Fsp3) is 0.857. The largest absolute Gasteiger partial charge is 0.453 e. The molecule has 0 spiro atoms. The molecule has 0 aromatic carbocycles. The number of esters is 2. The minimum absolute atomic E-state index is 0.657. The van der Waals surface area contributed by atoms with E-state index in [2.05, 4.69) is 13.2 Å². The molecule has 16 N–H and O–H groups in total. The molecule has 424 valence electrons. The molecule has 0 aliphatic carbocycles. The molecule has 0 unspecified atom stereocenters. The Bertz CT molecular complexity index is 1820. The normalized spacial score (nSPS) is 50.3. The van der Waals surface area contributed by atoms with Gasteiger partial charge in [0.2, 0.25) is 0 Å². The van der Waals surface area contributed by atoms with Crippen LogP contribution >= 0.6 is 0 Å². The van der Waals surface area contributed by atoms with Crippen molar-refractivity contribution in [1.82, 2.24) is 0 Å². The number of carbonyl (C=O) groups excluding carboxylic acids is 2. The van der Waals surface area contributed by atoms with Crippen LogP contribution in [0.5, 0.6) is 0 Å². The second kappa shape index (κ2) is 25.4. The summed E-state index contributed by atoms with van der Waals surface area (Å²) in [5, 5.41) is 177. The van der Waals surface area contributed by atoms with Crippen molar-refractivity contribution >= 4 is 11.9 Å². The first-order chi connectivity index (χ1) is 35.3. The first-order valence-corrected chi connectivity index (χ1v) is 23.3. The molecule has 0 amide bonds. The molecule has 32 heteroatoms. The van der Waals surface area contributed by atoms with Gasteiger partial charge < -0.3 is 148 Å². The molecule has 22 saturated heterocycles. The number of hydrogen-bond acceptors (Lipinski definition) is 32. The van der Waals surface area contributed by atoms with E-state index in [0.717, 1.165) is 0 Å². The van der Waals surface area contributed by atoms with E-state index in [0.29, 0.717) is 12.2 Å². The summed E-state index contributed by atoms with van der Waals surface area (Å²) in [6.45, 7) is 0.288. The zero-order valence-corrected chi connectivity index (χ0v) is 38.8. The van der Waals surface area contributed by atoms with Gasteiger partial charge in [0.25, 0.3) is 0 Å². The standard InChI is InChI=1S/C42H64O32/c1-3-17(49)67-35-27(59)41-65-16(10-48)34(35)74-42-28(60)36(68-18(50)4-2)33(15(9-47)66-42)73-40-26(58)22(54)31(13(7-45)64-40)71-38-24(56)20(52)29(11(5-43)62-38)69-37-23(55)19(51)30(12(6-44)61-37)70-39-25(57)21(53)32(72-41)14(8-46)63-39/h3-4,11-16,19-48,51-60H,1-2,5-10H2/t11-,12-,13-,14-,15-,16-,19-,20-,21-,22-,23-,24-,25-,26-,27-,28-,29-,30-,31-,32-,33+,34+,35-,36-,37-,38-,39-,40-,41-,42-/m1/s1. The van der Waals surface area contributed by atoms with Gasteiger partial charge in [0.15, 0.2) is 49.9 Å². The Morgan fingerprint density at radius 2 is 0.500 bits per heavy atom. The number of ether oxygens (including phenoxy) is 14. The lowest BCUT2D eigenvalue weighted by Gasteiger charge is -2.51. The first-order valence-electron chi connectivity index (χ1n) is 23.3. The summed E-state index contributed by atoms with van der Waals surface area (Å²) in [5.74, 6) is -2.45. The van der Waals surface area contributed by atoms with Gasteiger partial charge in [-0.15, -0.1) is 0 Å². The third-order valence-corrected chi connectivity index (χ3v) is 13.5. The topological polar surface area (TPSA) is 487 Å². The summed E-state index contributed by atoms with van der Waals surface area (Å²) in [5.41, 5.74) is 0. The molecule has 0 radical (unpaired) electrons. The van der Waals surface area contributed by atoms with Crippen LogP contribution in [0.4, 0.5) is 0 Å². The molecule has 0 aromatic heterocycles. The predicted octanol–water partition coefficient (Wildman–Crippen LogP) is -11.6. The zero-order valence-electron chi connectivity index (χ0n) is 38.8. The number of aliphatic hydroxyl groups is 16. The Morgan fingerprint density at radius 3 is 0.703 bits per heavy atom. The van der Waals surface area contributed by atoms with Crippen molar-refractivity contribution in [3.05, 3.63) is 25.3 Å². The number of hydrogen-bond donors (Lipinski definition) is 16. The Kier molecular flexibility index (Phi) is 20.2. The minimum Gasteiger partial charge on any atom is -0.453 e. The maximum absolute atomic E-state index is 12.8. The molecule has 0 aromatic rings. The van der Waals surface area contributed by atoms with Crippen LogP contribution < -0.4 is 0 Å². The maximum Gasteiger partial charge on any atom is 0.330 e. The fourth-order valence-corrected chi connectivity index (χ4v) is 9.53. The van der Waals surface area contributed by atoms with Gasteiger partial charge in [0, 0.05) is 12.2 Å². The lowest BCUT2D eigenvalue weighted by atomic mass is 9.94. The maximum atomic E-state index is 12.8. The van der Waals surface area contributed by atoms with Crippen molar-refractivity contribution in [1.29, 1.82) is 0 Å². The van der Waals surface area contributed by atoms with Gasteiger partial charge in [-0.2, -0.15) is 0 Å². The van der Waals surface area contributed by atoms with Gasteiger partial charge in [0.05, 0.1) is 39.6 Å². The van der Waals surface area contributed by atoms with Gasteiger partial charge in [-0.1, -0.05) is 13.2 Å². The van der Waals surface area contributed by atoms with Gasteiger partial charge in [-0.3, -0.25) is 0 Å². The molecule has 22 aliphatic heterocycles. The smallest absolute Gasteiger partial charge is 0.330 e. The molecule has 74 heavy (non-hydrogen) atoms. The summed E-state index contributed by atoms with van der Waals surface area (Å²) >= 11 is 0. The molecule has 32 nitrogen and oxygen atoms in total. The Morgan fingerprint density at radius 1 is 0.311 bits per heavy atom. The summed E-state index contributed by atoms with van der Waals surface area (Å²) in [6, 6.07) is 0. The lowest BCUT2D eigenvalue weighted by Crippen LogP contribution is -2.69. The second-order valence-electron chi connectivity index (χ2n) is 18.1. The summed E-state index contributed by atoms with van der Waals surface area (Å²) in [6.07, 6.45) is -59.0. The molecule has 22 heterocycles. The van der Waals surface area contributed by atoms with E-state index in [1.54, 1.807) is 0 Å². The van der Waals surface area contributed by atoms with Crippen LogP contribution in [0.3, 0.4) is 0 Å². The van der Waals surface area contributed by atoms with Crippen molar-refractivity contribution in [3.8, 4) is 0 Å². The van der Waals surface area contributed by atoms with Crippen molar-refractivity contribution < 1.29 is 158 Å². The van der Waals surface area contributed by atoms with E-state index in [1.807, 2.05) is 0 Å². The van der Waals surface area contributed by atoms with Crippen LogP contribution in [0.25, 0.3) is 0 Å². The minimum atomic E-state index is -2.25. The molecule has 22 fully saturated rings. The predicted molar refractivity (Wildman–Crippen MR) is 224 cm³/mol. The Hall–Kier alpha value is -2.70. The molecule has 22 aliphatic rings. The Labute approximate surface area is 418 Å². The molecule has 12 bridgehead atoms. The average Bonchev–Trinajstić information content (AvgIpc) is 3.39. The second-order valence-corrected chi connectivity index (χ2v) is 18.1. The molecule has 30 atom stereocenters.